The van der Waals surface area contributed by atoms with Crippen LogP contribution in [0.3, 0.4) is 0 Å². The lowest BCUT2D eigenvalue weighted by Gasteiger charge is -2.03. The molecule has 0 aliphatic carbocycles. The van der Waals surface area contributed by atoms with E-state index in [2.05, 4.69) is 12.1 Å². The number of aromatic carboxylic acids is 2. The fourth-order valence-corrected chi connectivity index (χ4v) is 3.78. The number of hydrogen-bond donors (Lipinski definition) is 2. The van der Waals surface area contributed by atoms with Crippen molar-refractivity contribution >= 4 is 35.5 Å². The van der Waals surface area contributed by atoms with E-state index in [-0.39, 0.29) is 0 Å². The van der Waals surface area contributed by atoms with Crippen LogP contribution in [0.15, 0.2) is 88.7 Å². The Labute approximate surface area is 172 Å². The van der Waals surface area contributed by atoms with E-state index in [9.17, 15) is 9.59 Å². The molecule has 0 bridgehead atoms. The molecular formula is C22H20O4S2. The number of carbonyl (C=O) groups is 2. The van der Waals surface area contributed by atoms with E-state index in [4.69, 9.17) is 10.2 Å². The van der Waals surface area contributed by atoms with Gasteiger partial charge in [-0.15, -0.1) is 23.5 Å². The molecule has 0 amide bonds. The standard InChI is InChI=1S/C14H12O2S.C8H8O2S/c15-14(16)12-7-4-8-13(9-12)17-10-11-5-2-1-3-6-11;1-11-7-5-3-2-4-6(7)8(9)10/h1-9H,10H2,(H,15,16);2-5H,1H3,(H,9,10). The van der Waals surface area contributed by atoms with Crippen molar-refractivity contribution in [2.45, 2.75) is 15.5 Å². The third-order valence-corrected chi connectivity index (χ3v) is 5.53. The van der Waals surface area contributed by atoms with Crippen LogP contribution in [-0.2, 0) is 5.75 Å². The molecule has 4 nitrogen and oxygen atoms in total. The smallest absolute Gasteiger partial charge is 0.336 e. The summed E-state index contributed by atoms with van der Waals surface area (Å²) in [6.45, 7) is 0. The van der Waals surface area contributed by atoms with Crippen molar-refractivity contribution in [1.82, 2.24) is 0 Å². The molecule has 0 aromatic heterocycles. The largest absolute Gasteiger partial charge is 0.478 e. The van der Waals surface area contributed by atoms with Gasteiger partial charge in [-0.3, -0.25) is 0 Å². The van der Waals surface area contributed by atoms with Crippen LogP contribution >= 0.6 is 23.5 Å². The predicted octanol–water partition coefficient (Wildman–Crippen LogP) is 5.78. The Balaban J connectivity index is 0.000000221. The quantitative estimate of drug-likeness (QED) is 0.500. The molecule has 0 unspecified atom stereocenters. The SMILES string of the molecule is CSc1ccccc1C(=O)O.O=C(O)c1cccc(SCc2ccccc2)c1. The van der Waals surface area contributed by atoms with E-state index < -0.39 is 11.9 Å². The van der Waals surface area contributed by atoms with E-state index in [0.717, 1.165) is 15.5 Å². The number of thioether (sulfide) groups is 2. The summed E-state index contributed by atoms with van der Waals surface area (Å²) < 4.78 is 0. The zero-order valence-corrected chi connectivity index (χ0v) is 16.9. The molecular weight excluding hydrogens is 392 g/mol. The van der Waals surface area contributed by atoms with E-state index in [1.807, 2.05) is 36.6 Å². The third-order valence-electron chi connectivity index (χ3n) is 3.67. The fourth-order valence-electron chi connectivity index (χ4n) is 2.28. The van der Waals surface area contributed by atoms with Crippen LogP contribution in [0.25, 0.3) is 0 Å². The van der Waals surface area contributed by atoms with Crippen LogP contribution in [0.2, 0.25) is 0 Å². The maximum absolute atomic E-state index is 10.8. The van der Waals surface area contributed by atoms with E-state index in [0.29, 0.717) is 11.1 Å². The second-order valence-electron chi connectivity index (χ2n) is 5.61. The van der Waals surface area contributed by atoms with Crippen molar-refractivity contribution in [1.29, 1.82) is 0 Å². The normalized spacial score (nSPS) is 9.89. The molecule has 0 aliphatic rings. The minimum absolute atomic E-state index is 0.336. The molecule has 0 atom stereocenters. The van der Waals surface area contributed by atoms with Crippen molar-refractivity contribution < 1.29 is 19.8 Å². The summed E-state index contributed by atoms with van der Waals surface area (Å²) in [5, 5.41) is 17.6. The van der Waals surface area contributed by atoms with Crippen molar-refractivity contribution in [2.75, 3.05) is 6.26 Å². The zero-order chi connectivity index (χ0) is 20.4. The average molecular weight is 413 g/mol. The first-order valence-corrected chi connectivity index (χ1v) is 10.6. The first-order valence-electron chi connectivity index (χ1n) is 8.37. The lowest BCUT2D eigenvalue weighted by Crippen LogP contribution is -1.97. The van der Waals surface area contributed by atoms with Crippen LogP contribution in [0.4, 0.5) is 0 Å². The van der Waals surface area contributed by atoms with Gasteiger partial charge in [-0.05, 0) is 42.2 Å². The van der Waals surface area contributed by atoms with Crippen LogP contribution in [0.1, 0.15) is 26.3 Å². The lowest BCUT2D eigenvalue weighted by molar-refractivity contribution is 0.0684. The zero-order valence-electron chi connectivity index (χ0n) is 15.2. The van der Waals surface area contributed by atoms with Crippen LogP contribution in [-0.4, -0.2) is 28.4 Å². The second kappa shape index (κ2) is 11.2. The summed E-state index contributed by atoms with van der Waals surface area (Å²) in [5.41, 5.74) is 1.95. The second-order valence-corrected chi connectivity index (χ2v) is 7.51. The summed E-state index contributed by atoms with van der Waals surface area (Å²) >= 11 is 3.08. The molecule has 3 aromatic rings. The molecule has 6 heteroatoms. The Kier molecular flexibility index (Phi) is 8.65. The van der Waals surface area contributed by atoms with Crippen LogP contribution < -0.4 is 0 Å². The number of carboxylic acid groups (broad SMARTS) is 2. The van der Waals surface area contributed by atoms with Gasteiger partial charge >= 0.3 is 11.9 Å². The first kappa shape index (κ1) is 21.6. The number of carboxylic acids is 2. The summed E-state index contributed by atoms with van der Waals surface area (Å²) in [6, 6.07) is 24.1. The monoisotopic (exact) mass is 412 g/mol. The molecule has 0 radical (unpaired) electrons. The highest BCUT2D eigenvalue weighted by atomic mass is 32.2. The topological polar surface area (TPSA) is 74.6 Å². The third kappa shape index (κ3) is 6.79. The van der Waals surface area contributed by atoms with Crippen molar-refractivity contribution in [3.8, 4) is 0 Å². The molecule has 3 rings (SSSR count). The molecule has 0 saturated heterocycles. The highest BCUT2D eigenvalue weighted by molar-refractivity contribution is 7.98. The molecule has 0 fully saturated rings. The fraction of sp³-hybridized carbons (Fsp3) is 0.0909. The molecule has 0 spiro atoms. The van der Waals surface area contributed by atoms with Gasteiger partial charge in [0.05, 0.1) is 11.1 Å². The van der Waals surface area contributed by atoms with Gasteiger partial charge in [0, 0.05) is 15.5 Å². The Bertz CT molecular complexity index is 927. The molecule has 2 N–H and O–H groups in total. The molecule has 0 aliphatic heterocycles. The van der Waals surface area contributed by atoms with Crippen molar-refractivity contribution in [3.05, 3.63) is 95.6 Å². The first-order chi connectivity index (χ1) is 13.5. The molecule has 3 aromatic carbocycles. The Morgan fingerprint density at radius 1 is 0.821 bits per heavy atom. The molecule has 28 heavy (non-hydrogen) atoms. The highest BCUT2D eigenvalue weighted by Crippen LogP contribution is 2.23. The van der Waals surface area contributed by atoms with Gasteiger partial charge in [0.15, 0.2) is 0 Å². The minimum atomic E-state index is -0.882. The molecule has 0 saturated carbocycles. The maximum Gasteiger partial charge on any atom is 0.336 e. The van der Waals surface area contributed by atoms with E-state index in [1.54, 1.807) is 48.2 Å². The summed E-state index contributed by atoms with van der Waals surface area (Å²) in [4.78, 5) is 23.2. The molecule has 0 heterocycles. The van der Waals surface area contributed by atoms with Gasteiger partial charge < -0.3 is 10.2 Å². The van der Waals surface area contributed by atoms with Gasteiger partial charge in [0.1, 0.15) is 0 Å². The number of benzene rings is 3. The summed E-state index contributed by atoms with van der Waals surface area (Å²) in [7, 11) is 0. The van der Waals surface area contributed by atoms with Crippen molar-refractivity contribution in [3.63, 3.8) is 0 Å². The summed E-state index contributed by atoms with van der Waals surface area (Å²) in [6.07, 6.45) is 1.86. The van der Waals surface area contributed by atoms with E-state index in [1.165, 1.54) is 17.3 Å². The lowest BCUT2D eigenvalue weighted by atomic mass is 10.2. The molecule has 144 valence electrons. The van der Waals surface area contributed by atoms with Crippen LogP contribution in [0.5, 0.6) is 0 Å². The van der Waals surface area contributed by atoms with Gasteiger partial charge in [-0.2, -0.15) is 0 Å². The number of rotatable bonds is 6. The van der Waals surface area contributed by atoms with Crippen molar-refractivity contribution in [2.24, 2.45) is 0 Å². The highest BCUT2D eigenvalue weighted by Gasteiger charge is 2.06. The minimum Gasteiger partial charge on any atom is -0.478 e. The van der Waals surface area contributed by atoms with Crippen LogP contribution in [0, 0.1) is 0 Å². The Morgan fingerprint density at radius 3 is 2.11 bits per heavy atom. The Morgan fingerprint density at radius 2 is 1.50 bits per heavy atom. The van der Waals surface area contributed by atoms with Gasteiger partial charge in [0.2, 0.25) is 0 Å². The Hall–Kier alpha value is -2.70. The predicted molar refractivity (Wildman–Crippen MR) is 115 cm³/mol. The van der Waals surface area contributed by atoms with Gasteiger partial charge in [0.25, 0.3) is 0 Å². The van der Waals surface area contributed by atoms with E-state index >= 15 is 0 Å². The summed E-state index contributed by atoms with van der Waals surface area (Å²) in [5.74, 6) is -0.897. The van der Waals surface area contributed by atoms with Gasteiger partial charge in [-0.1, -0.05) is 48.5 Å². The average Bonchev–Trinajstić information content (AvgIpc) is 2.73. The number of hydrogen-bond acceptors (Lipinski definition) is 4. The maximum atomic E-state index is 10.8. The van der Waals surface area contributed by atoms with Gasteiger partial charge in [-0.25, -0.2) is 9.59 Å².